The standard InChI is InChI=1S/C22H21NO2S/c1-16-8-9-17(2)21(14-16)26-20-12-10-18(11-13-20)23-22(24)15-25-19-6-4-3-5-7-19/h3-14H,15H2,1-2H3,(H,23,24). The van der Waals surface area contributed by atoms with Crippen molar-refractivity contribution >= 4 is 23.4 Å². The van der Waals surface area contributed by atoms with Gasteiger partial charge >= 0.3 is 0 Å². The highest BCUT2D eigenvalue weighted by Gasteiger charge is 2.05. The van der Waals surface area contributed by atoms with Crippen LogP contribution >= 0.6 is 11.8 Å². The third-order valence-electron chi connectivity index (χ3n) is 3.82. The van der Waals surface area contributed by atoms with E-state index in [-0.39, 0.29) is 12.5 Å². The van der Waals surface area contributed by atoms with Crippen LogP contribution < -0.4 is 10.1 Å². The van der Waals surface area contributed by atoms with Crippen LogP contribution in [0, 0.1) is 13.8 Å². The van der Waals surface area contributed by atoms with Gasteiger partial charge in [0.05, 0.1) is 0 Å². The molecule has 3 nitrogen and oxygen atoms in total. The molecule has 3 rings (SSSR count). The van der Waals surface area contributed by atoms with Gasteiger partial charge in [-0.3, -0.25) is 4.79 Å². The molecule has 3 aromatic carbocycles. The Balaban J connectivity index is 1.55. The van der Waals surface area contributed by atoms with Gasteiger partial charge in [0.15, 0.2) is 6.61 Å². The van der Waals surface area contributed by atoms with E-state index in [1.54, 1.807) is 11.8 Å². The van der Waals surface area contributed by atoms with E-state index in [2.05, 4.69) is 37.4 Å². The molecule has 0 atom stereocenters. The lowest BCUT2D eigenvalue weighted by Crippen LogP contribution is -2.20. The smallest absolute Gasteiger partial charge is 0.262 e. The van der Waals surface area contributed by atoms with E-state index in [1.165, 1.54) is 16.0 Å². The van der Waals surface area contributed by atoms with E-state index in [4.69, 9.17) is 4.74 Å². The van der Waals surface area contributed by atoms with Crippen molar-refractivity contribution in [2.45, 2.75) is 23.6 Å². The van der Waals surface area contributed by atoms with Gasteiger partial charge in [0, 0.05) is 15.5 Å². The van der Waals surface area contributed by atoms with Crippen molar-refractivity contribution < 1.29 is 9.53 Å². The fraction of sp³-hybridized carbons (Fsp3) is 0.136. The fourth-order valence-corrected chi connectivity index (χ4v) is 3.41. The number of hydrogen-bond donors (Lipinski definition) is 1. The van der Waals surface area contributed by atoms with Crippen molar-refractivity contribution in [2.75, 3.05) is 11.9 Å². The van der Waals surface area contributed by atoms with Crippen molar-refractivity contribution in [3.63, 3.8) is 0 Å². The zero-order valence-electron chi connectivity index (χ0n) is 14.9. The average Bonchev–Trinajstić information content (AvgIpc) is 2.65. The molecule has 1 amide bonds. The highest BCUT2D eigenvalue weighted by atomic mass is 32.2. The van der Waals surface area contributed by atoms with Crippen molar-refractivity contribution in [1.82, 2.24) is 0 Å². The quantitative estimate of drug-likeness (QED) is 0.631. The molecule has 26 heavy (non-hydrogen) atoms. The Bertz CT molecular complexity index is 876. The number of nitrogens with one attached hydrogen (secondary N) is 1. The summed E-state index contributed by atoms with van der Waals surface area (Å²) >= 11 is 1.73. The summed E-state index contributed by atoms with van der Waals surface area (Å²) in [6, 6.07) is 23.6. The van der Waals surface area contributed by atoms with Gasteiger partial charge in [-0.05, 0) is 67.4 Å². The number of aryl methyl sites for hydroxylation is 2. The molecule has 0 aliphatic carbocycles. The lowest BCUT2D eigenvalue weighted by Gasteiger charge is -2.09. The third-order valence-corrected chi connectivity index (χ3v) is 4.99. The van der Waals surface area contributed by atoms with Crippen LogP contribution in [0.15, 0.2) is 82.6 Å². The summed E-state index contributed by atoms with van der Waals surface area (Å²) in [5.74, 6) is 0.506. The molecule has 0 radical (unpaired) electrons. The summed E-state index contributed by atoms with van der Waals surface area (Å²) in [7, 11) is 0. The molecular weight excluding hydrogens is 342 g/mol. The molecule has 132 valence electrons. The maximum Gasteiger partial charge on any atom is 0.262 e. The Hall–Kier alpha value is -2.72. The largest absolute Gasteiger partial charge is 0.484 e. The number of amides is 1. The maximum atomic E-state index is 12.0. The first-order chi connectivity index (χ1) is 12.6. The van der Waals surface area contributed by atoms with Crippen molar-refractivity contribution in [3.05, 3.63) is 83.9 Å². The molecule has 0 aliphatic heterocycles. The number of para-hydroxylation sites is 1. The SMILES string of the molecule is Cc1ccc(C)c(Sc2ccc(NC(=O)COc3ccccc3)cc2)c1. The molecule has 0 bridgehead atoms. The van der Waals surface area contributed by atoms with E-state index in [9.17, 15) is 4.79 Å². The van der Waals surface area contributed by atoms with Crippen molar-refractivity contribution in [1.29, 1.82) is 0 Å². The van der Waals surface area contributed by atoms with Crippen LogP contribution in [0.5, 0.6) is 5.75 Å². The predicted octanol–water partition coefficient (Wildman–Crippen LogP) is 5.47. The molecule has 0 saturated carbocycles. The van der Waals surface area contributed by atoms with E-state index < -0.39 is 0 Å². The van der Waals surface area contributed by atoms with E-state index in [1.807, 2.05) is 54.6 Å². The van der Waals surface area contributed by atoms with Gasteiger partial charge in [-0.15, -0.1) is 0 Å². The lowest BCUT2D eigenvalue weighted by molar-refractivity contribution is -0.118. The monoisotopic (exact) mass is 363 g/mol. The Labute approximate surface area is 158 Å². The Morgan fingerprint density at radius 2 is 1.69 bits per heavy atom. The number of ether oxygens (including phenoxy) is 1. The number of carbonyl (C=O) groups is 1. The van der Waals surface area contributed by atoms with Crippen LogP contribution in [0.1, 0.15) is 11.1 Å². The first-order valence-corrected chi connectivity index (χ1v) is 9.25. The highest BCUT2D eigenvalue weighted by Crippen LogP contribution is 2.31. The van der Waals surface area contributed by atoms with Gasteiger partial charge in [-0.1, -0.05) is 42.1 Å². The molecule has 3 aromatic rings. The van der Waals surface area contributed by atoms with E-state index in [0.29, 0.717) is 5.75 Å². The summed E-state index contributed by atoms with van der Waals surface area (Å²) in [5, 5.41) is 2.85. The number of anilines is 1. The Kier molecular flexibility index (Phi) is 5.97. The minimum Gasteiger partial charge on any atom is -0.484 e. The minimum atomic E-state index is -0.177. The highest BCUT2D eigenvalue weighted by molar-refractivity contribution is 7.99. The van der Waals surface area contributed by atoms with Crippen molar-refractivity contribution in [3.8, 4) is 5.75 Å². The molecule has 0 aromatic heterocycles. The average molecular weight is 363 g/mol. The van der Waals surface area contributed by atoms with Gasteiger partial charge < -0.3 is 10.1 Å². The molecule has 1 N–H and O–H groups in total. The van der Waals surface area contributed by atoms with Crippen LogP contribution in [-0.2, 0) is 4.79 Å². The Morgan fingerprint density at radius 3 is 2.42 bits per heavy atom. The summed E-state index contributed by atoms with van der Waals surface area (Å²) in [4.78, 5) is 14.4. The van der Waals surface area contributed by atoms with Gasteiger partial charge in [0.1, 0.15) is 5.75 Å². The molecular formula is C22H21NO2S. The second-order valence-electron chi connectivity index (χ2n) is 6.05. The van der Waals surface area contributed by atoms with Crippen LogP contribution in [0.25, 0.3) is 0 Å². The van der Waals surface area contributed by atoms with Gasteiger partial charge in [0.25, 0.3) is 5.91 Å². The second kappa shape index (κ2) is 8.59. The van der Waals surface area contributed by atoms with Gasteiger partial charge in [-0.25, -0.2) is 0 Å². The zero-order valence-corrected chi connectivity index (χ0v) is 15.7. The summed E-state index contributed by atoms with van der Waals surface area (Å²) in [6.45, 7) is 4.20. The molecule has 0 unspecified atom stereocenters. The summed E-state index contributed by atoms with van der Waals surface area (Å²) in [5.41, 5.74) is 3.27. The lowest BCUT2D eigenvalue weighted by atomic mass is 10.2. The summed E-state index contributed by atoms with van der Waals surface area (Å²) < 4.78 is 5.45. The second-order valence-corrected chi connectivity index (χ2v) is 7.16. The molecule has 0 spiro atoms. The number of hydrogen-bond acceptors (Lipinski definition) is 3. The molecule has 0 aliphatic rings. The third kappa shape index (κ3) is 5.14. The zero-order chi connectivity index (χ0) is 18.4. The molecule has 4 heteroatoms. The number of rotatable bonds is 6. The molecule has 0 fully saturated rings. The fourth-order valence-electron chi connectivity index (χ4n) is 2.41. The topological polar surface area (TPSA) is 38.3 Å². The van der Waals surface area contributed by atoms with Gasteiger partial charge in [-0.2, -0.15) is 0 Å². The Morgan fingerprint density at radius 1 is 0.962 bits per heavy atom. The van der Waals surface area contributed by atoms with Crippen LogP contribution in [0.2, 0.25) is 0 Å². The van der Waals surface area contributed by atoms with Crippen LogP contribution in [-0.4, -0.2) is 12.5 Å². The van der Waals surface area contributed by atoms with Crippen molar-refractivity contribution in [2.24, 2.45) is 0 Å². The van der Waals surface area contributed by atoms with Crippen LogP contribution in [0.3, 0.4) is 0 Å². The predicted molar refractivity (Wildman–Crippen MR) is 107 cm³/mol. The normalized spacial score (nSPS) is 10.4. The van der Waals surface area contributed by atoms with Gasteiger partial charge in [0.2, 0.25) is 0 Å². The number of carbonyl (C=O) groups excluding carboxylic acids is 1. The number of benzene rings is 3. The van der Waals surface area contributed by atoms with E-state index >= 15 is 0 Å². The van der Waals surface area contributed by atoms with E-state index in [0.717, 1.165) is 10.6 Å². The molecule has 0 heterocycles. The first kappa shape index (κ1) is 18.1. The molecule has 0 saturated heterocycles. The maximum absolute atomic E-state index is 12.0. The van der Waals surface area contributed by atoms with Crippen LogP contribution in [0.4, 0.5) is 5.69 Å². The summed E-state index contributed by atoms with van der Waals surface area (Å²) in [6.07, 6.45) is 0. The minimum absolute atomic E-state index is 0.0109. The first-order valence-electron chi connectivity index (χ1n) is 8.43.